The highest BCUT2D eigenvalue weighted by Gasteiger charge is 2.21. The Morgan fingerprint density at radius 3 is 2.62 bits per heavy atom. The normalized spacial score (nSPS) is 14.2. The summed E-state index contributed by atoms with van der Waals surface area (Å²) in [6.45, 7) is 0.491. The van der Waals surface area contributed by atoms with Crippen molar-refractivity contribution in [1.82, 2.24) is 4.90 Å². The van der Waals surface area contributed by atoms with Crippen LogP contribution in [0.3, 0.4) is 0 Å². The maximum Gasteiger partial charge on any atom is 0.381 e. The van der Waals surface area contributed by atoms with Gasteiger partial charge >= 0.3 is 11.9 Å². The maximum absolute atomic E-state index is 11.0. The third-order valence-electron chi connectivity index (χ3n) is 1.36. The highest BCUT2D eigenvalue weighted by Crippen LogP contribution is 2.09. The molecule has 1 aliphatic heterocycles. The maximum atomic E-state index is 11.0. The fourth-order valence-electron chi connectivity index (χ4n) is 0.753. The van der Waals surface area contributed by atoms with E-state index in [0.717, 1.165) is 0 Å². The third kappa shape index (κ3) is 2.87. The first-order valence-corrected chi connectivity index (χ1v) is 3.82. The predicted octanol–water partition coefficient (Wildman–Crippen LogP) is -0.468. The Labute approximate surface area is 75.9 Å². The molecule has 0 bridgehead atoms. The number of hydrogen-bond acceptors (Lipinski definition) is 5. The summed E-state index contributed by atoms with van der Waals surface area (Å²) in [5.74, 6) is -1.17. The van der Waals surface area contributed by atoms with Crippen molar-refractivity contribution < 1.29 is 19.1 Å². The summed E-state index contributed by atoms with van der Waals surface area (Å²) >= 11 is 0. The molecule has 0 aromatic heterocycles. The summed E-state index contributed by atoms with van der Waals surface area (Å²) in [7, 11) is 3.43. The molecule has 0 atom stereocenters. The second-order valence-corrected chi connectivity index (χ2v) is 2.88. The van der Waals surface area contributed by atoms with Gasteiger partial charge in [0.2, 0.25) is 5.76 Å². The Hall–Kier alpha value is -1.36. The number of esters is 2. The lowest BCUT2D eigenvalue weighted by Crippen LogP contribution is -2.28. The van der Waals surface area contributed by atoms with Crippen LogP contribution in [0, 0.1) is 0 Å². The molecule has 5 nitrogen and oxygen atoms in total. The van der Waals surface area contributed by atoms with Crippen LogP contribution in [-0.4, -0.2) is 44.1 Å². The molecule has 5 heteroatoms. The molecular weight excluding hydrogens is 174 g/mol. The molecule has 0 unspecified atom stereocenters. The average molecular weight is 185 g/mol. The van der Waals surface area contributed by atoms with Gasteiger partial charge < -0.3 is 9.47 Å². The fraction of sp³-hybridized carbons (Fsp3) is 0.500. The van der Waals surface area contributed by atoms with Crippen molar-refractivity contribution in [3.05, 3.63) is 11.8 Å². The topological polar surface area (TPSA) is 55.8 Å². The van der Waals surface area contributed by atoms with E-state index in [1.807, 2.05) is 0 Å². The molecule has 1 heterocycles. The van der Waals surface area contributed by atoms with Gasteiger partial charge in [0.15, 0.2) is 0 Å². The van der Waals surface area contributed by atoms with Gasteiger partial charge in [-0.05, 0) is 14.1 Å². The van der Waals surface area contributed by atoms with E-state index < -0.39 is 11.9 Å². The van der Waals surface area contributed by atoms with Crippen molar-refractivity contribution in [2.24, 2.45) is 0 Å². The minimum Gasteiger partial charge on any atom is -0.482 e. The van der Waals surface area contributed by atoms with Crippen LogP contribution in [0.15, 0.2) is 11.8 Å². The van der Waals surface area contributed by atoms with Crippen LogP contribution in [-0.2, 0) is 19.1 Å². The Kier molecular flexibility index (Phi) is 3.02. The Morgan fingerprint density at radius 2 is 2.23 bits per heavy atom. The zero-order chi connectivity index (χ0) is 9.84. The molecule has 0 saturated heterocycles. The molecule has 0 fully saturated rings. The van der Waals surface area contributed by atoms with Gasteiger partial charge in [0.1, 0.15) is 6.61 Å². The van der Waals surface area contributed by atoms with Crippen LogP contribution in [0.2, 0.25) is 0 Å². The van der Waals surface area contributed by atoms with E-state index in [9.17, 15) is 9.59 Å². The Balaban J connectivity index is 2.31. The number of likely N-dealkylation sites (N-methyl/N-ethyl adjacent to an activating group) is 1. The van der Waals surface area contributed by atoms with Crippen molar-refractivity contribution in [1.29, 1.82) is 0 Å². The standard InChI is InChI=1S/C8H11NO4/c1-9(2)5-7(10)13-8(11)6-3-4-12-6/h3H,4-5H2,1-2H3. The smallest absolute Gasteiger partial charge is 0.381 e. The second kappa shape index (κ2) is 4.04. The van der Waals surface area contributed by atoms with Gasteiger partial charge in [-0.2, -0.15) is 0 Å². The summed E-state index contributed by atoms with van der Waals surface area (Å²) in [4.78, 5) is 23.5. The van der Waals surface area contributed by atoms with Crippen molar-refractivity contribution in [2.45, 2.75) is 0 Å². The van der Waals surface area contributed by atoms with Gasteiger partial charge in [0, 0.05) is 6.08 Å². The SMILES string of the molecule is CN(C)CC(=O)OC(=O)C1=CCO1. The van der Waals surface area contributed by atoms with E-state index in [1.165, 1.54) is 0 Å². The third-order valence-corrected chi connectivity index (χ3v) is 1.36. The average Bonchev–Trinajstić information content (AvgIpc) is 1.78. The molecule has 0 aliphatic carbocycles. The molecule has 0 aromatic carbocycles. The minimum absolute atomic E-state index is 0.0824. The number of rotatable bonds is 3. The summed E-state index contributed by atoms with van der Waals surface area (Å²) in [5, 5.41) is 0. The van der Waals surface area contributed by atoms with E-state index in [-0.39, 0.29) is 12.3 Å². The van der Waals surface area contributed by atoms with Gasteiger partial charge in [0.05, 0.1) is 6.54 Å². The van der Waals surface area contributed by atoms with Crippen molar-refractivity contribution in [3.8, 4) is 0 Å². The molecule has 0 aromatic rings. The van der Waals surface area contributed by atoms with Crippen LogP contribution in [0.1, 0.15) is 0 Å². The molecule has 13 heavy (non-hydrogen) atoms. The predicted molar refractivity (Wildman–Crippen MR) is 43.7 cm³/mol. The highest BCUT2D eigenvalue weighted by molar-refractivity contribution is 5.95. The summed E-state index contributed by atoms with van der Waals surface area (Å²) < 4.78 is 9.17. The molecule has 1 aliphatic rings. The lowest BCUT2D eigenvalue weighted by Gasteiger charge is -2.14. The zero-order valence-electron chi connectivity index (χ0n) is 7.57. The number of nitrogens with zero attached hydrogens (tertiary/aromatic N) is 1. The first-order valence-electron chi connectivity index (χ1n) is 3.82. The van der Waals surface area contributed by atoms with E-state index in [2.05, 4.69) is 4.74 Å². The van der Waals surface area contributed by atoms with E-state index in [1.54, 1.807) is 25.1 Å². The molecule has 0 saturated carbocycles. The Morgan fingerprint density at radius 1 is 1.62 bits per heavy atom. The van der Waals surface area contributed by atoms with Gasteiger partial charge in [-0.25, -0.2) is 4.79 Å². The molecule has 1 rings (SSSR count). The molecule has 0 radical (unpaired) electrons. The number of carbonyl (C=O) groups is 2. The van der Waals surface area contributed by atoms with Crippen LogP contribution in [0.5, 0.6) is 0 Å². The lowest BCUT2D eigenvalue weighted by molar-refractivity contribution is -0.160. The first-order chi connectivity index (χ1) is 6.09. The number of hydrogen-bond donors (Lipinski definition) is 0. The number of carbonyl (C=O) groups excluding carboxylic acids is 2. The van der Waals surface area contributed by atoms with Crippen molar-refractivity contribution in [2.75, 3.05) is 27.2 Å². The van der Waals surface area contributed by atoms with Crippen LogP contribution in [0.25, 0.3) is 0 Å². The van der Waals surface area contributed by atoms with E-state index in [4.69, 9.17) is 4.74 Å². The zero-order valence-corrected chi connectivity index (χ0v) is 7.57. The number of ether oxygens (including phenoxy) is 2. The largest absolute Gasteiger partial charge is 0.482 e. The molecule has 0 amide bonds. The van der Waals surface area contributed by atoms with Gasteiger partial charge in [-0.1, -0.05) is 0 Å². The molecule has 0 spiro atoms. The van der Waals surface area contributed by atoms with Crippen LogP contribution >= 0.6 is 0 Å². The molecule has 0 N–H and O–H groups in total. The first kappa shape index (κ1) is 9.73. The fourth-order valence-corrected chi connectivity index (χ4v) is 0.753. The summed E-state index contributed by atoms with van der Waals surface area (Å²) in [5.41, 5.74) is 0. The minimum atomic E-state index is -0.710. The highest BCUT2D eigenvalue weighted by atomic mass is 16.6. The summed E-state index contributed by atoms with van der Waals surface area (Å²) in [6.07, 6.45) is 1.56. The lowest BCUT2D eigenvalue weighted by atomic mass is 10.4. The van der Waals surface area contributed by atoms with Gasteiger partial charge in [-0.3, -0.25) is 9.69 Å². The van der Waals surface area contributed by atoms with Crippen molar-refractivity contribution >= 4 is 11.9 Å². The van der Waals surface area contributed by atoms with E-state index >= 15 is 0 Å². The second-order valence-electron chi connectivity index (χ2n) is 2.88. The van der Waals surface area contributed by atoms with Gasteiger partial charge in [0.25, 0.3) is 0 Å². The monoisotopic (exact) mass is 185 g/mol. The Bertz CT molecular complexity index is 257. The van der Waals surface area contributed by atoms with Crippen molar-refractivity contribution in [3.63, 3.8) is 0 Å². The summed E-state index contributed by atoms with van der Waals surface area (Å²) in [6, 6.07) is 0. The van der Waals surface area contributed by atoms with Crippen LogP contribution < -0.4 is 0 Å². The van der Waals surface area contributed by atoms with Gasteiger partial charge in [-0.15, -0.1) is 0 Å². The molecular formula is C8H11NO4. The van der Waals surface area contributed by atoms with Crippen LogP contribution in [0.4, 0.5) is 0 Å². The van der Waals surface area contributed by atoms with E-state index in [0.29, 0.717) is 6.61 Å². The molecule has 72 valence electrons. The quantitative estimate of drug-likeness (QED) is 0.439.